The zero-order chi connectivity index (χ0) is 18.0. The Morgan fingerprint density at radius 3 is 2.68 bits per heavy atom. The van der Waals surface area contributed by atoms with Crippen molar-refractivity contribution in [2.24, 2.45) is 0 Å². The number of benzene rings is 2. The van der Waals surface area contributed by atoms with Gasteiger partial charge in [0.25, 0.3) is 0 Å². The molecule has 0 unspecified atom stereocenters. The second-order valence-corrected chi connectivity index (χ2v) is 7.35. The average Bonchev–Trinajstić information content (AvgIpc) is 3.07. The summed E-state index contributed by atoms with van der Waals surface area (Å²) >= 11 is 7.36. The fourth-order valence-electron chi connectivity index (χ4n) is 3.02. The largest absolute Gasteiger partial charge is 0.416 e. The van der Waals surface area contributed by atoms with Crippen molar-refractivity contribution in [3.8, 4) is 0 Å². The molecule has 0 saturated heterocycles. The van der Waals surface area contributed by atoms with Crippen molar-refractivity contribution in [1.29, 1.82) is 0 Å². The van der Waals surface area contributed by atoms with Gasteiger partial charge in [-0.15, -0.1) is 0 Å². The molecule has 0 radical (unpaired) electrons. The van der Waals surface area contributed by atoms with Gasteiger partial charge in [-0.2, -0.15) is 13.2 Å². The number of hydrogen-bond acceptors (Lipinski definition) is 3. The number of aliphatic hydroxyl groups is 1. The fraction of sp³-hybridized carbons (Fsp3) is 0.235. The van der Waals surface area contributed by atoms with Gasteiger partial charge in [0.1, 0.15) is 0 Å². The lowest BCUT2D eigenvalue weighted by molar-refractivity contribution is -0.137. The zero-order valence-electron chi connectivity index (χ0n) is 12.9. The van der Waals surface area contributed by atoms with E-state index in [-0.39, 0.29) is 5.52 Å². The van der Waals surface area contributed by atoms with E-state index in [1.54, 1.807) is 22.8 Å². The molecule has 3 nitrogen and oxygen atoms in total. The van der Waals surface area contributed by atoms with Crippen LogP contribution < -0.4 is 0 Å². The topological polar surface area (TPSA) is 38.1 Å². The molecule has 1 N–H and O–H groups in total. The molecule has 1 aliphatic heterocycles. The van der Waals surface area contributed by atoms with Gasteiger partial charge in [0.05, 0.1) is 22.3 Å². The highest BCUT2D eigenvalue weighted by molar-refractivity contribution is 7.99. The molecule has 1 atom stereocenters. The van der Waals surface area contributed by atoms with Crippen molar-refractivity contribution in [1.82, 2.24) is 9.55 Å². The average molecular weight is 385 g/mol. The molecule has 0 bridgehead atoms. The number of nitrogens with zero attached hydrogens (tertiary/aromatic N) is 2. The Morgan fingerprint density at radius 2 is 2.00 bits per heavy atom. The minimum absolute atomic E-state index is 0.209. The van der Waals surface area contributed by atoms with Crippen molar-refractivity contribution in [2.75, 3.05) is 5.75 Å². The summed E-state index contributed by atoms with van der Waals surface area (Å²) in [5, 5.41) is 12.4. The van der Waals surface area contributed by atoms with Gasteiger partial charge >= 0.3 is 6.18 Å². The van der Waals surface area contributed by atoms with Crippen LogP contribution in [0.1, 0.15) is 16.7 Å². The first-order valence-electron chi connectivity index (χ1n) is 7.42. The van der Waals surface area contributed by atoms with E-state index in [9.17, 15) is 18.3 Å². The number of hydrogen-bond donors (Lipinski definition) is 1. The molecular formula is C17H12ClF3N2OS. The van der Waals surface area contributed by atoms with E-state index in [1.165, 1.54) is 17.8 Å². The second kappa shape index (κ2) is 5.40. The van der Waals surface area contributed by atoms with E-state index >= 15 is 0 Å². The summed E-state index contributed by atoms with van der Waals surface area (Å²) in [4.78, 5) is 4.27. The van der Waals surface area contributed by atoms with Crippen LogP contribution in [0.15, 0.2) is 41.6 Å². The molecule has 3 aromatic rings. The quantitative estimate of drug-likeness (QED) is 0.654. The van der Waals surface area contributed by atoms with Gasteiger partial charge in [0.2, 0.25) is 0 Å². The number of imidazole rings is 1. The number of aromatic nitrogens is 2. The fourth-order valence-corrected chi connectivity index (χ4v) is 4.31. The Bertz CT molecular complexity index is 1000. The maximum atomic E-state index is 12.9. The van der Waals surface area contributed by atoms with Gasteiger partial charge in [0.15, 0.2) is 10.9 Å². The van der Waals surface area contributed by atoms with E-state index < -0.39 is 17.5 Å². The number of rotatable bonds is 1. The van der Waals surface area contributed by atoms with Crippen LogP contribution >= 0.6 is 23.4 Å². The third-order valence-corrected chi connectivity index (χ3v) is 5.85. The summed E-state index contributed by atoms with van der Waals surface area (Å²) in [5.41, 5.74) is -0.0318. The SMILES string of the molecule is Cc1cc([C@]2(O)CSc3nc4cc(C(F)(F)F)ccc4n32)ccc1Cl. The minimum Gasteiger partial charge on any atom is -0.366 e. The third kappa shape index (κ3) is 2.53. The van der Waals surface area contributed by atoms with Crippen LogP contribution in [0.2, 0.25) is 5.02 Å². The second-order valence-electron chi connectivity index (χ2n) is 6.00. The Balaban J connectivity index is 1.90. The number of thioether (sulfide) groups is 1. The molecule has 0 amide bonds. The van der Waals surface area contributed by atoms with Crippen molar-refractivity contribution in [2.45, 2.75) is 24.0 Å². The van der Waals surface area contributed by atoms with Gasteiger partial charge in [-0.3, -0.25) is 4.57 Å². The normalized spacial score (nSPS) is 20.2. The summed E-state index contributed by atoms with van der Waals surface area (Å²) in [7, 11) is 0. The van der Waals surface area contributed by atoms with Crippen molar-refractivity contribution < 1.29 is 18.3 Å². The molecular weight excluding hydrogens is 373 g/mol. The molecule has 4 rings (SSSR count). The first kappa shape index (κ1) is 16.8. The molecule has 1 aromatic heterocycles. The van der Waals surface area contributed by atoms with Crippen LogP contribution in [0.4, 0.5) is 13.2 Å². The van der Waals surface area contributed by atoms with Crippen LogP contribution in [-0.2, 0) is 11.9 Å². The predicted molar refractivity (Wildman–Crippen MR) is 90.9 cm³/mol. The minimum atomic E-state index is -4.43. The summed E-state index contributed by atoms with van der Waals surface area (Å²) in [6.07, 6.45) is -4.43. The summed E-state index contributed by atoms with van der Waals surface area (Å²) in [6, 6.07) is 8.58. The predicted octanol–water partition coefficient (Wildman–Crippen LogP) is 4.82. The highest BCUT2D eigenvalue weighted by Crippen LogP contribution is 2.44. The van der Waals surface area contributed by atoms with E-state index in [0.717, 1.165) is 17.7 Å². The number of fused-ring (bicyclic) bond motifs is 3. The molecule has 0 aliphatic carbocycles. The molecule has 1 aliphatic rings. The lowest BCUT2D eigenvalue weighted by Crippen LogP contribution is -2.33. The monoisotopic (exact) mass is 384 g/mol. The van der Waals surface area contributed by atoms with Crippen LogP contribution in [0.5, 0.6) is 0 Å². The van der Waals surface area contributed by atoms with Crippen LogP contribution in [0.3, 0.4) is 0 Å². The Morgan fingerprint density at radius 1 is 1.24 bits per heavy atom. The maximum Gasteiger partial charge on any atom is 0.416 e. The maximum absolute atomic E-state index is 12.9. The van der Waals surface area contributed by atoms with E-state index in [2.05, 4.69) is 4.98 Å². The standard InChI is InChI=1S/C17H12ClF3N2OS/c1-9-6-10(2-4-12(9)18)16(24)8-25-15-22-13-7-11(17(19,20)21)3-5-14(13)23(15)16/h2-7,24H,8H2,1H3/t16-/m1/s1. The third-order valence-electron chi connectivity index (χ3n) is 4.34. The van der Waals surface area contributed by atoms with Gasteiger partial charge in [-0.25, -0.2) is 4.98 Å². The lowest BCUT2D eigenvalue weighted by Gasteiger charge is -2.26. The summed E-state index contributed by atoms with van der Waals surface area (Å²) < 4.78 is 40.3. The van der Waals surface area contributed by atoms with E-state index in [4.69, 9.17) is 11.6 Å². The van der Waals surface area contributed by atoms with E-state index in [0.29, 0.717) is 27.0 Å². The van der Waals surface area contributed by atoms with Crippen LogP contribution in [0.25, 0.3) is 11.0 Å². The molecule has 8 heteroatoms. The first-order valence-corrected chi connectivity index (χ1v) is 8.78. The molecule has 2 aromatic carbocycles. The highest BCUT2D eigenvalue weighted by Gasteiger charge is 2.42. The van der Waals surface area contributed by atoms with Gasteiger partial charge in [0, 0.05) is 10.6 Å². The lowest BCUT2D eigenvalue weighted by atomic mass is 10.0. The molecule has 25 heavy (non-hydrogen) atoms. The van der Waals surface area contributed by atoms with Crippen LogP contribution in [0, 0.1) is 6.92 Å². The molecule has 0 fully saturated rings. The number of alkyl halides is 3. The molecule has 2 heterocycles. The molecule has 130 valence electrons. The van der Waals surface area contributed by atoms with Crippen LogP contribution in [-0.4, -0.2) is 20.4 Å². The van der Waals surface area contributed by atoms with Crippen molar-refractivity contribution in [3.63, 3.8) is 0 Å². The molecule has 0 saturated carbocycles. The summed E-state index contributed by atoms with van der Waals surface area (Å²) in [6.45, 7) is 1.83. The van der Waals surface area contributed by atoms with Gasteiger partial charge in [-0.05, 0) is 42.8 Å². The molecule has 0 spiro atoms. The zero-order valence-corrected chi connectivity index (χ0v) is 14.5. The number of halogens is 4. The Labute approximate surface area is 150 Å². The smallest absolute Gasteiger partial charge is 0.366 e. The highest BCUT2D eigenvalue weighted by atomic mass is 35.5. The van der Waals surface area contributed by atoms with Crippen molar-refractivity contribution >= 4 is 34.4 Å². The first-order chi connectivity index (χ1) is 11.7. The number of aryl methyl sites for hydroxylation is 1. The van der Waals surface area contributed by atoms with Gasteiger partial charge in [-0.1, -0.05) is 29.4 Å². The Hall–Kier alpha value is -1.70. The van der Waals surface area contributed by atoms with Gasteiger partial charge < -0.3 is 5.11 Å². The van der Waals surface area contributed by atoms with E-state index in [1.807, 2.05) is 6.92 Å². The summed E-state index contributed by atoms with van der Waals surface area (Å²) in [5.74, 6) is 0.327. The van der Waals surface area contributed by atoms with Crippen molar-refractivity contribution in [3.05, 3.63) is 58.1 Å². The Kier molecular flexibility index (Phi) is 3.62.